The molecule has 2 nitrogen and oxygen atoms in total. The summed E-state index contributed by atoms with van der Waals surface area (Å²) in [5.41, 5.74) is 1.47. The summed E-state index contributed by atoms with van der Waals surface area (Å²) in [6.45, 7) is 6.04. The minimum Gasteiger partial charge on any atom is -0.506 e. The second-order valence-electron chi connectivity index (χ2n) is 2.64. The van der Waals surface area contributed by atoms with Crippen LogP contribution < -0.4 is 0 Å². The van der Waals surface area contributed by atoms with Crippen LogP contribution in [0.15, 0.2) is 47.7 Å². The highest BCUT2D eigenvalue weighted by Crippen LogP contribution is 2.05. The van der Waals surface area contributed by atoms with Gasteiger partial charge in [0.2, 0.25) is 0 Å². The topological polar surface area (TPSA) is 32.6 Å². The molecule has 0 fully saturated rings. The van der Waals surface area contributed by atoms with E-state index in [1.807, 2.05) is 37.3 Å². The average Bonchev–Trinajstić information content (AvgIpc) is 2.15. The fraction of sp³-hybridized carbons (Fsp3) is 0.182. The van der Waals surface area contributed by atoms with Crippen molar-refractivity contribution in [2.24, 2.45) is 4.99 Å². The molecular weight excluding hydrogens is 162 g/mol. The van der Waals surface area contributed by atoms with Gasteiger partial charge in [0.05, 0.1) is 0 Å². The van der Waals surface area contributed by atoms with Crippen molar-refractivity contribution in [3.8, 4) is 0 Å². The van der Waals surface area contributed by atoms with Gasteiger partial charge >= 0.3 is 0 Å². The average molecular weight is 175 g/mol. The Hall–Kier alpha value is -1.57. The molecule has 0 spiro atoms. The first-order chi connectivity index (χ1) is 6.25. The Labute approximate surface area is 78.3 Å². The minimum absolute atomic E-state index is 0.0213. The fourth-order valence-electron chi connectivity index (χ4n) is 1.10. The number of aliphatic imine (C=N–C) groups is 1. The van der Waals surface area contributed by atoms with Gasteiger partial charge in [-0.25, -0.2) is 0 Å². The van der Waals surface area contributed by atoms with Gasteiger partial charge in [0, 0.05) is 12.1 Å². The summed E-state index contributed by atoms with van der Waals surface area (Å²) < 4.78 is 0. The SMILES string of the molecule is C=C(O)/C(=N\CC)c1ccccc1. The number of aliphatic hydroxyl groups is 1. The molecule has 0 radical (unpaired) electrons. The Kier molecular flexibility index (Phi) is 3.26. The van der Waals surface area contributed by atoms with Crippen LogP contribution in [0.5, 0.6) is 0 Å². The molecule has 0 aromatic heterocycles. The number of rotatable bonds is 3. The molecule has 0 aliphatic heterocycles. The quantitative estimate of drug-likeness (QED) is 0.555. The molecule has 0 unspecified atom stereocenters. The Morgan fingerprint density at radius 3 is 2.46 bits per heavy atom. The van der Waals surface area contributed by atoms with Gasteiger partial charge in [0.25, 0.3) is 0 Å². The van der Waals surface area contributed by atoms with Crippen molar-refractivity contribution in [1.29, 1.82) is 0 Å². The van der Waals surface area contributed by atoms with Crippen molar-refractivity contribution in [3.05, 3.63) is 48.2 Å². The highest BCUT2D eigenvalue weighted by molar-refractivity contribution is 6.10. The summed E-state index contributed by atoms with van der Waals surface area (Å²) in [6.07, 6.45) is 0. The van der Waals surface area contributed by atoms with Crippen LogP contribution >= 0.6 is 0 Å². The van der Waals surface area contributed by atoms with E-state index in [4.69, 9.17) is 0 Å². The van der Waals surface area contributed by atoms with Gasteiger partial charge < -0.3 is 5.11 Å². The van der Waals surface area contributed by atoms with Gasteiger partial charge in [-0.3, -0.25) is 4.99 Å². The van der Waals surface area contributed by atoms with Gasteiger partial charge in [-0.2, -0.15) is 0 Å². The number of nitrogens with zero attached hydrogens (tertiary/aromatic N) is 1. The Morgan fingerprint density at radius 1 is 1.38 bits per heavy atom. The molecule has 1 aromatic carbocycles. The van der Waals surface area contributed by atoms with Crippen LogP contribution in [0.1, 0.15) is 12.5 Å². The number of hydrogen-bond acceptors (Lipinski definition) is 2. The summed E-state index contributed by atoms with van der Waals surface area (Å²) >= 11 is 0. The highest BCUT2D eigenvalue weighted by atomic mass is 16.3. The van der Waals surface area contributed by atoms with E-state index in [-0.39, 0.29) is 5.76 Å². The van der Waals surface area contributed by atoms with Crippen LogP contribution in [0.3, 0.4) is 0 Å². The molecule has 1 aromatic rings. The largest absolute Gasteiger partial charge is 0.506 e. The Balaban J connectivity index is 3.03. The number of hydrogen-bond donors (Lipinski definition) is 1. The molecule has 1 N–H and O–H groups in total. The molecule has 0 saturated carbocycles. The van der Waals surface area contributed by atoms with Crippen LogP contribution in [0.25, 0.3) is 0 Å². The number of aliphatic hydroxyl groups excluding tert-OH is 1. The molecule has 68 valence electrons. The Morgan fingerprint density at radius 2 is 2.00 bits per heavy atom. The third-order valence-electron chi connectivity index (χ3n) is 1.64. The van der Waals surface area contributed by atoms with Crippen molar-refractivity contribution in [2.75, 3.05) is 6.54 Å². The van der Waals surface area contributed by atoms with E-state index in [1.165, 1.54) is 0 Å². The predicted octanol–water partition coefficient (Wildman–Crippen LogP) is 2.57. The lowest BCUT2D eigenvalue weighted by atomic mass is 10.1. The zero-order valence-corrected chi connectivity index (χ0v) is 7.70. The van der Waals surface area contributed by atoms with E-state index in [9.17, 15) is 5.11 Å². The van der Waals surface area contributed by atoms with Gasteiger partial charge in [0.1, 0.15) is 11.5 Å². The second-order valence-corrected chi connectivity index (χ2v) is 2.64. The number of benzene rings is 1. The van der Waals surface area contributed by atoms with E-state index in [0.29, 0.717) is 12.3 Å². The van der Waals surface area contributed by atoms with Crippen LogP contribution in [0, 0.1) is 0 Å². The molecule has 0 saturated heterocycles. The normalized spacial score (nSPS) is 11.3. The van der Waals surface area contributed by atoms with Crippen LogP contribution in [-0.4, -0.2) is 17.4 Å². The molecule has 1 rings (SSSR count). The van der Waals surface area contributed by atoms with Crippen LogP contribution in [0.4, 0.5) is 0 Å². The van der Waals surface area contributed by atoms with Crippen molar-refractivity contribution in [1.82, 2.24) is 0 Å². The molecule has 0 atom stereocenters. The first-order valence-electron chi connectivity index (χ1n) is 4.23. The zero-order valence-electron chi connectivity index (χ0n) is 7.70. The summed E-state index contributed by atoms with van der Waals surface area (Å²) in [7, 11) is 0. The Bertz CT molecular complexity index is 314. The van der Waals surface area contributed by atoms with E-state index in [1.54, 1.807) is 0 Å². The highest BCUT2D eigenvalue weighted by Gasteiger charge is 2.04. The molecule has 0 amide bonds. The van der Waals surface area contributed by atoms with Crippen molar-refractivity contribution in [3.63, 3.8) is 0 Å². The van der Waals surface area contributed by atoms with Crippen LogP contribution in [0.2, 0.25) is 0 Å². The van der Waals surface area contributed by atoms with Crippen molar-refractivity contribution >= 4 is 5.71 Å². The summed E-state index contributed by atoms with van der Waals surface area (Å²) in [5, 5.41) is 9.27. The zero-order chi connectivity index (χ0) is 9.68. The predicted molar refractivity (Wildman–Crippen MR) is 55.3 cm³/mol. The minimum atomic E-state index is 0.0213. The standard InChI is InChI=1S/C11H13NO/c1-3-12-11(9(2)13)10-7-5-4-6-8-10/h4-8,13H,2-3H2,1H3/b12-11+. The third kappa shape index (κ3) is 2.44. The molecule has 0 aliphatic rings. The molecule has 0 heterocycles. The van der Waals surface area contributed by atoms with E-state index >= 15 is 0 Å². The molecule has 0 aliphatic carbocycles. The molecule has 13 heavy (non-hydrogen) atoms. The molecule has 2 heteroatoms. The van der Waals surface area contributed by atoms with Gasteiger partial charge in [-0.15, -0.1) is 0 Å². The maximum Gasteiger partial charge on any atom is 0.134 e. The molecule has 0 bridgehead atoms. The maximum absolute atomic E-state index is 9.27. The van der Waals surface area contributed by atoms with Gasteiger partial charge in [-0.1, -0.05) is 36.9 Å². The first kappa shape index (κ1) is 9.52. The van der Waals surface area contributed by atoms with E-state index < -0.39 is 0 Å². The number of allylic oxidation sites excluding steroid dienone is 1. The van der Waals surface area contributed by atoms with Crippen molar-refractivity contribution < 1.29 is 5.11 Å². The lowest BCUT2D eigenvalue weighted by Gasteiger charge is -2.03. The third-order valence-corrected chi connectivity index (χ3v) is 1.64. The van der Waals surface area contributed by atoms with Gasteiger partial charge in [-0.05, 0) is 6.92 Å². The van der Waals surface area contributed by atoms with Crippen molar-refractivity contribution in [2.45, 2.75) is 6.92 Å². The maximum atomic E-state index is 9.27. The summed E-state index contributed by atoms with van der Waals surface area (Å²) in [6, 6.07) is 9.53. The van der Waals surface area contributed by atoms with E-state index in [2.05, 4.69) is 11.6 Å². The second kappa shape index (κ2) is 4.45. The molecular formula is C11H13NO. The van der Waals surface area contributed by atoms with E-state index in [0.717, 1.165) is 5.56 Å². The monoisotopic (exact) mass is 175 g/mol. The lowest BCUT2D eigenvalue weighted by molar-refractivity contribution is 0.446. The van der Waals surface area contributed by atoms with Gasteiger partial charge in [0.15, 0.2) is 0 Å². The van der Waals surface area contributed by atoms with Crippen LogP contribution in [-0.2, 0) is 0 Å². The summed E-state index contributed by atoms with van der Waals surface area (Å²) in [4.78, 5) is 4.16. The summed E-state index contributed by atoms with van der Waals surface area (Å²) in [5.74, 6) is 0.0213. The lowest BCUT2D eigenvalue weighted by Crippen LogP contribution is -2.04. The fourth-order valence-corrected chi connectivity index (χ4v) is 1.10. The first-order valence-corrected chi connectivity index (χ1v) is 4.23. The smallest absolute Gasteiger partial charge is 0.134 e.